The summed E-state index contributed by atoms with van der Waals surface area (Å²) in [5.41, 5.74) is 5.20. The first-order valence-electron chi connectivity index (χ1n) is 3.23. The van der Waals surface area contributed by atoms with Gasteiger partial charge >= 0.3 is 0 Å². The summed E-state index contributed by atoms with van der Waals surface area (Å²) in [5, 5.41) is 2.73. The van der Waals surface area contributed by atoms with E-state index in [0.29, 0.717) is 13.1 Å². The number of hydrogen-bond acceptors (Lipinski definition) is 3. The smallest absolute Gasteiger partial charge is 0.232 e. The number of rotatable bonds is 4. The van der Waals surface area contributed by atoms with Gasteiger partial charge in [-0.05, 0) is 13.2 Å². The molecule has 0 bridgehead atoms. The highest BCUT2D eigenvalue weighted by Gasteiger charge is 2.08. The minimum absolute atomic E-state index is 0.0338. The van der Waals surface area contributed by atoms with E-state index in [1.54, 1.807) is 0 Å². The minimum atomic E-state index is 0.0338. The molecule has 0 aromatic carbocycles. The highest BCUT2D eigenvalue weighted by atomic mass is 32.2. The summed E-state index contributed by atoms with van der Waals surface area (Å²) in [7, 11) is 0. The van der Waals surface area contributed by atoms with Gasteiger partial charge in [0.1, 0.15) is 0 Å². The van der Waals surface area contributed by atoms with E-state index in [-0.39, 0.29) is 11.2 Å². The standard InChI is InChI=1S/C6H14N2OS/c1-5(10-2)6(9)8-4-3-7/h5H,3-4,7H2,1-2H3,(H,8,9). The maximum atomic E-state index is 10.9. The number of carbonyl (C=O) groups is 1. The summed E-state index contributed by atoms with van der Waals surface area (Å²) in [6.07, 6.45) is 1.91. The largest absolute Gasteiger partial charge is 0.354 e. The first-order chi connectivity index (χ1) is 4.72. The normalized spacial score (nSPS) is 12.7. The predicted octanol–water partition coefficient (Wildman–Crippen LogP) is -0.187. The average Bonchev–Trinajstić information content (AvgIpc) is 1.98. The van der Waals surface area contributed by atoms with E-state index in [4.69, 9.17) is 5.73 Å². The van der Waals surface area contributed by atoms with Crippen LogP contribution in [-0.4, -0.2) is 30.5 Å². The molecule has 0 aliphatic heterocycles. The highest BCUT2D eigenvalue weighted by Crippen LogP contribution is 2.03. The molecule has 10 heavy (non-hydrogen) atoms. The molecule has 1 atom stereocenters. The van der Waals surface area contributed by atoms with Gasteiger partial charge in [0.05, 0.1) is 5.25 Å². The Bertz CT molecular complexity index is 108. The number of thioether (sulfide) groups is 1. The quantitative estimate of drug-likeness (QED) is 0.602. The Labute approximate surface area is 65.7 Å². The third-order valence-corrected chi connectivity index (χ3v) is 2.09. The van der Waals surface area contributed by atoms with Crippen molar-refractivity contribution in [1.29, 1.82) is 0 Å². The molecule has 4 heteroatoms. The van der Waals surface area contributed by atoms with Crippen molar-refractivity contribution in [3.63, 3.8) is 0 Å². The van der Waals surface area contributed by atoms with Crippen LogP contribution >= 0.6 is 11.8 Å². The number of carbonyl (C=O) groups excluding carboxylic acids is 1. The van der Waals surface area contributed by atoms with Crippen LogP contribution in [0.15, 0.2) is 0 Å². The summed E-state index contributed by atoms with van der Waals surface area (Å²) in [6.45, 7) is 2.95. The first-order valence-corrected chi connectivity index (χ1v) is 4.51. The maximum Gasteiger partial charge on any atom is 0.232 e. The van der Waals surface area contributed by atoms with Crippen LogP contribution < -0.4 is 11.1 Å². The van der Waals surface area contributed by atoms with Gasteiger partial charge in [-0.3, -0.25) is 4.79 Å². The minimum Gasteiger partial charge on any atom is -0.354 e. The first kappa shape index (κ1) is 9.78. The lowest BCUT2D eigenvalue weighted by Gasteiger charge is -2.07. The Morgan fingerprint density at radius 2 is 2.40 bits per heavy atom. The zero-order chi connectivity index (χ0) is 7.98. The second kappa shape index (κ2) is 5.56. The third-order valence-electron chi connectivity index (χ3n) is 1.17. The van der Waals surface area contributed by atoms with E-state index < -0.39 is 0 Å². The van der Waals surface area contributed by atoms with Crippen molar-refractivity contribution in [3.8, 4) is 0 Å². The maximum absolute atomic E-state index is 10.9. The fourth-order valence-electron chi connectivity index (χ4n) is 0.446. The second-order valence-electron chi connectivity index (χ2n) is 1.96. The molecule has 3 N–H and O–H groups in total. The van der Waals surface area contributed by atoms with E-state index in [1.807, 2.05) is 13.2 Å². The zero-order valence-electron chi connectivity index (χ0n) is 6.39. The molecular weight excluding hydrogens is 148 g/mol. The molecule has 0 aliphatic carbocycles. The molecule has 0 aromatic heterocycles. The molecular formula is C6H14N2OS. The van der Waals surface area contributed by atoms with Gasteiger partial charge in [-0.15, -0.1) is 0 Å². The Morgan fingerprint density at radius 1 is 1.80 bits per heavy atom. The summed E-state index contributed by atoms with van der Waals surface area (Å²) in [6, 6.07) is 0. The lowest BCUT2D eigenvalue weighted by Crippen LogP contribution is -2.34. The Morgan fingerprint density at radius 3 is 2.80 bits per heavy atom. The van der Waals surface area contributed by atoms with Gasteiger partial charge in [0.25, 0.3) is 0 Å². The van der Waals surface area contributed by atoms with Crippen LogP contribution in [0.1, 0.15) is 6.92 Å². The van der Waals surface area contributed by atoms with Crippen molar-refractivity contribution in [2.45, 2.75) is 12.2 Å². The number of nitrogens with two attached hydrogens (primary N) is 1. The lowest BCUT2D eigenvalue weighted by atomic mass is 10.4. The fourth-order valence-corrected chi connectivity index (χ4v) is 0.744. The zero-order valence-corrected chi connectivity index (χ0v) is 7.20. The third kappa shape index (κ3) is 3.74. The van der Waals surface area contributed by atoms with Crippen LogP contribution in [-0.2, 0) is 4.79 Å². The summed E-state index contributed by atoms with van der Waals surface area (Å²) < 4.78 is 0. The Kier molecular flexibility index (Phi) is 5.43. The van der Waals surface area contributed by atoms with E-state index in [2.05, 4.69) is 5.32 Å². The number of hydrogen-bond donors (Lipinski definition) is 2. The topological polar surface area (TPSA) is 55.1 Å². The summed E-state index contributed by atoms with van der Waals surface area (Å²) in [5.74, 6) is 0.0675. The molecule has 1 amide bonds. The summed E-state index contributed by atoms with van der Waals surface area (Å²) >= 11 is 1.53. The van der Waals surface area contributed by atoms with Crippen molar-refractivity contribution in [3.05, 3.63) is 0 Å². The van der Waals surface area contributed by atoms with Crippen molar-refractivity contribution in [2.24, 2.45) is 5.73 Å². The monoisotopic (exact) mass is 162 g/mol. The Balaban J connectivity index is 3.42. The molecule has 0 saturated carbocycles. The molecule has 0 spiro atoms. The van der Waals surface area contributed by atoms with Gasteiger partial charge in [-0.25, -0.2) is 0 Å². The number of amides is 1. The van der Waals surface area contributed by atoms with E-state index in [0.717, 1.165) is 0 Å². The molecule has 0 heterocycles. The molecule has 60 valence electrons. The van der Waals surface area contributed by atoms with Gasteiger partial charge in [-0.2, -0.15) is 11.8 Å². The van der Waals surface area contributed by atoms with Crippen LogP contribution in [0.3, 0.4) is 0 Å². The average molecular weight is 162 g/mol. The van der Waals surface area contributed by atoms with Gasteiger partial charge in [-0.1, -0.05) is 0 Å². The van der Waals surface area contributed by atoms with Crippen LogP contribution in [0.4, 0.5) is 0 Å². The van der Waals surface area contributed by atoms with Gasteiger partial charge in [0, 0.05) is 13.1 Å². The van der Waals surface area contributed by atoms with Gasteiger partial charge in [0.2, 0.25) is 5.91 Å². The molecule has 0 aliphatic rings. The molecule has 3 nitrogen and oxygen atoms in total. The van der Waals surface area contributed by atoms with Crippen molar-refractivity contribution >= 4 is 17.7 Å². The van der Waals surface area contributed by atoms with Gasteiger partial charge in [0.15, 0.2) is 0 Å². The van der Waals surface area contributed by atoms with Crippen LogP contribution in [0.5, 0.6) is 0 Å². The highest BCUT2D eigenvalue weighted by molar-refractivity contribution is 7.99. The molecule has 0 fully saturated rings. The predicted molar refractivity (Wildman–Crippen MR) is 45.0 cm³/mol. The van der Waals surface area contributed by atoms with Crippen LogP contribution in [0, 0.1) is 0 Å². The molecule has 0 radical (unpaired) electrons. The van der Waals surface area contributed by atoms with Crippen molar-refractivity contribution in [1.82, 2.24) is 5.32 Å². The molecule has 0 saturated heterocycles. The van der Waals surface area contributed by atoms with Crippen molar-refractivity contribution in [2.75, 3.05) is 19.3 Å². The van der Waals surface area contributed by atoms with E-state index in [9.17, 15) is 4.79 Å². The SMILES string of the molecule is CSC(C)C(=O)NCCN. The van der Waals surface area contributed by atoms with E-state index >= 15 is 0 Å². The van der Waals surface area contributed by atoms with Crippen LogP contribution in [0.25, 0.3) is 0 Å². The molecule has 0 rings (SSSR count). The Hall–Kier alpha value is -0.220. The molecule has 1 unspecified atom stereocenters. The summed E-state index contributed by atoms with van der Waals surface area (Å²) in [4.78, 5) is 10.9. The second-order valence-corrected chi connectivity index (χ2v) is 3.14. The van der Waals surface area contributed by atoms with Crippen LogP contribution in [0.2, 0.25) is 0 Å². The van der Waals surface area contributed by atoms with Crippen molar-refractivity contribution < 1.29 is 4.79 Å². The number of nitrogens with one attached hydrogen (secondary N) is 1. The fraction of sp³-hybridized carbons (Fsp3) is 0.833. The lowest BCUT2D eigenvalue weighted by molar-refractivity contribution is -0.120. The molecule has 0 aromatic rings. The van der Waals surface area contributed by atoms with Gasteiger partial charge < -0.3 is 11.1 Å². The van der Waals surface area contributed by atoms with E-state index in [1.165, 1.54) is 11.8 Å².